The van der Waals surface area contributed by atoms with Crippen molar-refractivity contribution < 1.29 is 0 Å². The maximum atomic E-state index is 3.59. The molecule has 0 spiro atoms. The third-order valence-electron chi connectivity index (χ3n) is 5.09. The van der Waals surface area contributed by atoms with E-state index in [9.17, 15) is 0 Å². The van der Waals surface area contributed by atoms with Crippen molar-refractivity contribution in [3.63, 3.8) is 0 Å². The van der Waals surface area contributed by atoms with Gasteiger partial charge in [0.25, 0.3) is 0 Å². The summed E-state index contributed by atoms with van der Waals surface area (Å²) in [7, 11) is 4.39. The van der Waals surface area contributed by atoms with E-state index in [1.54, 1.807) is 0 Å². The average Bonchev–Trinajstić information content (AvgIpc) is 2.81. The van der Waals surface area contributed by atoms with E-state index in [0.717, 1.165) is 18.5 Å². The molecule has 1 fully saturated rings. The Labute approximate surface area is 141 Å². The molecule has 1 heterocycles. The fourth-order valence-corrected chi connectivity index (χ4v) is 3.50. The predicted octanol–water partition coefficient (Wildman–Crippen LogP) is 4.82. The molecule has 1 aliphatic carbocycles. The lowest BCUT2D eigenvalue weighted by Gasteiger charge is -2.39. The molecule has 0 bridgehead atoms. The highest BCUT2D eigenvalue weighted by Crippen LogP contribution is 2.42. The fourth-order valence-electron chi connectivity index (χ4n) is 3.50. The summed E-state index contributed by atoms with van der Waals surface area (Å²) in [6.07, 6.45) is 8.73. The molecule has 0 amide bonds. The van der Waals surface area contributed by atoms with Crippen molar-refractivity contribution in [3.8, 4) is 0 Å². The molecule has 3 nitrogen and oxygen atoms in total. The van der Waals surface area contributed by atoms with Crippen molar-refractivity contribution in [3.05, 3.63) is 36.0 Å². The lowest BCUT2D eigenvalue weighted by molar-refractivity contribution is 0.167. The summed E-state index contributed by atoms with van der Waals surface area (Å²) >= 11 is 0. The van der Waals surface area contributed by atoms with Crippen LogP contribution in [0.25, 0.3) is 10.9 Å². The molecule has 3 heteroatoms. The third-order valence-corrected chi connectivity index (χ3v) is 5.09. The van der Waals surface area contributed by atoms with Crippen LogP contribution in [0.1, 0.15) is 57.9 Å². The number of unbranched alkanes of at least 4 members (excludes halogenated alkanes) is 2. The minimum absolute atomic E-state index is 0. The molecule has 1 aromatic heterocycles. The van der Waals surface area contributed by atoms with Crippen molar-refractivity contribution in [2.45, 2.75) is 58.4 Å². The SMILES string of the molecule is C.CCCCCNn1cc([C@H]2C[C@H](N(C)C)C2)c2ccccc21. The van der Waals surface area contributed by atoms with Crippen LogP contribution in [0.3, 0.4) is 0 Å². The van der Waals surface area contributed by atoms with Crippen molar-refractivity contribution in [1.82, 2.24) is 9.58 Å². The van der Waals surface area contributed by atoms with Crippen molar-refractivity contribution >= 4 is 10.9 Å². The Morgan fingerprint density at radius 2 is 1.91 bits per heavy atom. The van der Waals surface area contributed by atoms with E-state index in [-0.39, 0.29) is 7.43 Å². The first-order valence-corrected chi connectivity index (χ1v) is 8.71. The first-order chi connectivity index (χ1) is 10.7. The molecule has 0 aliphatic heterocycles. The minimum atomic E-state index is 0. The van der Waals surface area contributed by atoms with Crippen LogP contribution in [0.2, 0.25) is 0 Å². The average molecular weight is 316 g/mol. The van der Waals surface area contributed by atoms with Gasteiger partial charge < -0.3 is 10.3 Å². The Balaban J connectivity index is 0.00000192. The smallest absolute Gasteiger partial charge is 0.0695 e. The van der Waals surface area contributed by atoms with Gasteiger partial charge in [0.1, 0.15) is 0 Å². The van der Waals surface area contributed by atoms with Gasteiger partial charge in [-0.3, -0.25) is 4.68 Å². The number of nitrogens with zero attached hydrogens (tertiary/aromatic N) is 2. The Kier molecular flexibility index (Phi) is 6.11. The monoisotopic (exact) mass is 315 g/mol. The lowest BCUT2D eigenvalue weighted by Crippen LogP contribution is -2.39. The Hall–Kier alpha value is -1.48. The number of hydrogen-bond acceptors (Lipinski definition) is 2. The molecule has 1 aliphatic rings. The molecule has 128 valence electrons. The second-order valence-electron chi connectivity index (χ2n) is 6.87. The molecule has 0 radical (unpaired) electrons. The molecule has 0 atom stereocenters. The standard InChI is InChI=1S/C19H29N3.CH4/c1-4-5-8-11-20-22-14-18(15-12-16(13-15)21(2)3)17-9-6-7-10-19(17)22;/h6-7,9-10,14-16,20H,4-5,8,11-13H2,1-3H3;1H4/t15-,16-;. The Morgan fingerprint density at radius 1 is 1.17 bits per heavy atom. The van der Waals surface area contributed by atoms with Gasteiger partial charge in [0, 0.05) is 24.2 Å². The van der Waals surface area contributed by atoms with E-state index in [1.807, 2.05) is 0 Å². The van der Waals surface area contributed by atoms with E-state index in [1.165, 1.54) is 48.6 Å². The largest absolute Gasteiger partial charge is 0.326 e. The first kappa shape index (κ1) is 17.9. The molecular weight excluding hydrogens is 282 g/mol. The van der Waals surface area contributed by atoms with Crippen molar-refractivity contribution in [2.24, 2.45) is 0 Å². The zero-order chi connectivity index (χ0) is 15.5. The van der Waals surface area contributed by atoms with Crippen LogP contribution >= 0.6 is 0 Å². The lowest BCUT2D eigenvalue weighted by atomic mass is 9.75. The molecule has 0 saturated heterocycles. The number of rotatable bonds is 7. The molecule has 23 heavy (non-hydrogen) atoms. The van der Waals surface area contributed by atoms with Crippen LogP contribution in [0.15, 0.2) is 30.5 Å². The summed E-state index contributed by atoms with van der Waals surface area (Å²) in [5, 5.41) is 1.42. The highest BCUT2D eigenvalue weighted by atomic mass is 15.4. The predicted molar refractivity (Wildman–Crippen MR) is 102 cm³/mol. The van der Waals surface area contributed by atoms with Crippen LogP contribution in [-0.4, -0.2) is 36.3 Å². The summed E-state index contributed by atoms with van der Waals surface area (Å²) in [6, 6.07) is 9.56. The minimum Gasteiger partial charge on any atom is -0.326 e. The van der Waals surface area contributed by atoms with Gasteiger partial charge in [0.2, 0.25) is 0 Å². The summed E-state index contributed by atoms with van der Waals surface area (Å²) in [5.41, 5.74) is 6.43. The van der Waals surface area contributed by atoms with E-state index in [0.29, 0.717) is 0 Å². The summed E-state index contributed by atoms with van der Waals surface area (Å²) < 4.78 is 2.25. The number of para-hydroxylation sites is 1. The molecule has 2 aromatic rings. The van der Waals surface area contributed by atoms with Gasteiger partial charge in [-0.15, -0.1) is 0 Å². The zero-order valence-electron chi connectivity index (χ0n) is 14.2. The number of aromatic nitrogens is 1. The van der Waals surface area contributed by atoms with Gasteiger partial charge >= 0.3 is 0 Å². The quantitative estimate of drug-likeness (QED) is 0.739. The van der Waals surface area contributed by atoms with Crippen molar-refractivity contribution in [1.29, 1.82) is 0 Å². The maximum Gasteiger partial charge on any atom is 0.0695 e. The number of benzene rings is 1. The van der Waals surface area contributed by atoms with E-state index in [4.69, 9.17) is 0 Å². The van der Waals surface area contributed by atoms with E-state index >= 15 is 0 Å². The topological polar surface area (TPSA) is 20.2 Å². The van der Waals surface area contributed by atoms with Gasteiger partial charge in [-0.25, -0.2) is 0 Å². The summed E-state index contributed by atoms with van der Waals surface area (Å²) in [5.74, 6) is 0.719. The molecule has 0 unspecified atom stereocenters. The third kappa shape index (κ3) is 3.72. The Bertz CT molecular complexity index is 608. The first-order valence-electron chi connectivity index (χ1n) is 8.71. The van der Waals surface area contributed by atoms with E-state index in [2.05, 4.69) is 66.5 Å². The zero-order valence-corrected chi connectivity index (χ0v) is 14.2. The van der Waals surface area contributed by atoms with Crippen molar-refractivity contribution in [2.75, 3.05) is 26.1 Å². The molecule has 1 aromatic carbocycles. The molecule has 1 saturated carbocycles. The number of fused-ring (bicyclic) bond motifs is 1. The Morgan fingerprint density at radius 3 is 2.61 bits per heavy atom. The van der Waals surface area contributed by atoms with Crippen LogP contribution in [0.5, 0.6) is 0 Å². The number of nitrogens with one attached hydrogen (secondary N) is 1. The van der Waals surface area contributed by atoms with Gasteiger partial charge in [0.15, 0.2) is 0 Å². The second-order valence-corrected chi connectivity index (χ2v) is 6.87. The summed E-state index contributed by atoms with van der Waals surface area (Å²) in [4.78, 5) is 2.36. The van der Waals surface area contributed by atoms with Gasteiger partial charge in [-0.1, -0.05) is 45.4 Å². The van der Waals surface area contributed by atoms with Crippen LogP contribution in [0.4, 0.5) is 0 Å². The normalized spacial score (nSPS) is 20.3. The molecule has 3 rings (SSSR count). The fraction of sp³-hybridized carbons (Fsp3) is 0.600. The maximum absolute atomic E-state index is 3.59. The van der Waals surface area contributed by atoms with Crippen LogP contribution in [-0.2, 0) is 0 Å². The van der Waals surface area contributed by atoms with Gasteiger partial charge in [-0.05, 0) is 50.9 Å². The van der Waals surface area contributed by atoms with Gasteiger partial charge in [0.05, 0.1) is 5.52 Å². The highest BCUT2D eigenvalue weighted by Gasteiger charge is 2.33. The van der Waals surface area contributed by atoms with Crippen LogP contribution in [0, 0.1) is 0 Å². The summed E-state index contributed by atoms with van der Waals surface area (Å²) in [6.45, 7) is 3.30. The van der Waals surface area contributed by atoms with E-state index < -0.39 is 0 Å². The van der Waals surface area contributed by atoms with Crippen LogP contribution < -0.4 is 5.43 Å². The van der Waals surface area contributed by atoms with Gasteiger partial charge in [-0.2, -0.15) is 0 Å². The molecular formula is C20H33N3. The highest BCUT2D eigenvalue weighted by molar-refractivity contribution is 5.85. The molecule has 1 N–H and O–H groups in total. The second kappa shape index (κ2) is 7.87. The number of hydrogen-bond donors (Lipinski definition) is 1.